The lowest BCUT2D eigenvalue weighted by Crippen LogP contribution is -2.14. The second-order valence-electron chi connectivity index (χ2n) is 4.45. The topological polar surface area (TPSA) is 86.5 Å². The molecular weight excluding hydrogens is 312 g/mol. The largest absolute Gasteiger partial charge is 0.468 e. The number of nitrogens with zero attached hydrogens (tertiary/aromatic N) is 4. The third-order valence-electron chi connectivity index (χ3n) is 3.23. The second kappa shape index (κ2) is 5.15. The van der Waals surface area contributed by atoms with Crippen LogP contribution in [-0.4, -0.2) is 42.6 Å². The minimum atomic E-state index is -1.62. The van der Waals surface area contributed by atoms with Crippen molar-refractivity contribution in [3.63, 3.8) is 0 Å². The number of aryl methyl sites for hydroxylation is 2. The Balaban J connectivity index is 2.17. The molecule has 1 atom stereocenters. The average molecular weight is 324 g/mol. The number of esters is 1. The van der Waals surface area contributed by atoms with Crippen LogP contribution in [0.15, 0.2) is 11.5 Å². The van der Waals surface area contributed by atoms with Gasteiger partial charge in [0.25, 0.3) is 0 Å². The van der Waals surface area contributed by atoms with Gasteiger partial charge in [-0.2, -0.15) is 0 Å². The normalized spacial score (nSPS) is 12.9. The number of carbonyl (C=O) groups is 1. The van der Waals surface area contributed by atoms with Crippen LogP contribution in [0.1, 0.15) is 10.4 Å². The molecule has 0 N–H and O–H groups in total. The van der Waals surface area contributed by atoms with Crippen LogP contribution in [-0.2, 0) is 20.3 Å². The molecule has 3 heterocycles. The highest BCUT2D eigenvalue weighted by atomic mass is 32.2. The molecule has 0 aliphatic rings. The second-order valence-corrected chi connectivity index (χ2v) is 7.00. The van der Waals surface area contributed by atoms with Gasteiger partial charge in [0.1, 0.15) is 27.7 Å². The third-order valence-corrected chi connectivity index (χ3v) is 5.52. The van der Waals surface area contributed by atoms with E-state index in [0.717, 1.165) is 20.7 Å². The Hall–Kier alpha value is -1.87. The Labute approximate surface area is 126 Å². The lowest BCUT2D eigenvalue weighted by molar-refractivity contribution is -0.137. The van der Waals surface area contributed by atoms with Crippen molar-refractivity contribution in [2.75, 3.05) is 12.9 Å². The molecule has 9 heteroatoms. The summed E-state index contributed by atoms with van der Waals surface area (Å²) < 4.78 is 18.3. The molecule has 7 nitrogen and oxygen atoms in total. The van der Waals surface area contributed by atoms with Gasteiger partial charge in [-0.3, -0.25) is 13.4 Å². The van der Waals surface area contributed by atoms with E-state index in [1.54, 1.807) is 15.7 Å². The summed E-state index contributed by atoms with van der Waals surface area (Å²) in [5.41, 5.74) is 1.70. The van der Waals surface area contributed by atoms with Gasteiger partial charge in [0.2, 0.25) is 5.16 Å². The average Bonchev–Trinajstić information content (AvgIpc) is 3.00. The van der Waals surface area contributed by atoms with Gasteiger partial charge < -0.3 is 4.74 Å². The van der Waals surface area contributed by atoms with Crippen molar-refractivity contribution >= 4 is 44.0 Å². The summed E-state index contributed by atoms with van der Waals surface area (Å²) in [5, 5.41) is 9.18. The molecule has 3 aromatic rings. The number of carbonyl (C=O) groups excluding carboxylic acids is 1. The van der Waals surface area contributed by atoms with E-state index in [-0.39, 0.29) is 10.9 Å². The van der Waals surface area contributed by atoms with Crippen LogP contribution >= 0.6 is 11.3 Å². The predicted octanol–water partition coefficient (Wildman–Crippen LogP) is 1.24. The lowest BCUT2D eigenvalue weighted by Gasteiger charge is -2.00. The first kappa shape index (κ1) is 14.1. The van der Waals surface area contributed by atoms with Gasteiger partial charge in [0, 0.05) is 4.88 Å². The molecule has 21 heavy (non-hydrogen) atoms. The van der Waals surface area contributed by atoms with Crippen molar-refractivity contribution in [3.8, 4) is 0 Å². The quantitative estimate of drug-likeness (QED) is 0.674. The Morgan fingerprint density at radius 3 is 2.90 bits per heavy atom. The van der Waals surface area contributed by atoms with Gasteiger partial charge in [-0.15, -0.1) is 21.5 Å². The van der Waals surface area contributed by atoms with E-state index in [9.17, 15) is 9.00 Å². The van der Waals surface area contributed by atoms with Crippen LogP contribution in [0.2, 0.25) is 0 Å². The number of hydrogen-bond acceptors (Lipinski definition) is 7. The van der Waals surface area contributed by atoms with Crippen LogP contribution in [0.3, 0.4) is 0 Å². The highest BCUT2D eigenvalue weighted by Gasteiger charge is 2.20. The lowest BCUT2D eigenvalue weighted by atomic mass is 10.2. The fraction of sp³-hybridized carbons (Fsp3) is 0.333. The maximum atomic E-state index is 12.2. The molecule has 0 saturated heterocycles. The van der Waals surface area contributed by atoms with Gasteiger partial charge in [-0.25, -0.2) is 4.98 Å². The minimum absolute atomic E-state index is 0.202. The van der Waals surface area contributed by atoms with Crippen molar-refractivity contribution in [2.24, 2.45) is 0 Å². The molecule has 0 saturated carbocycles. The molecule has 0 bridgehead atoms. The summed E-state index contributed by atoms with van der Waals surface area (Å²) in [6.07, 6.45) is 1.54. The summed E-state index contributed by atoms with van der Waals surface area (Å²) >= 11 is 1.58. The summed E-state index contributed by atoms with van der Waals surface area (Å²) in [4.78, 5) is 17.6. The molecule has 110 valence electrons. The van der Waals surface area contributed by atoms with E-state index < -0.39 is 16.8 Å². The van der Waals surface area contributed by atoms with Crippen molar-refractivity contribution in [1.29, 1.82) is 0 Å². The van der Waals surface area contributed by atoms with E-state index in [0.29, 0.717) is 5.65 Å². The monoisotopic (exact) mass is 324 g/mol. The maximum Gasteiger partial charge on any atom is 0.318 e. The number of methoxy groups -OCH3 is 1. The molecule has 3 aromatic heterocycles. The van der Waals surface area contributed by atoms with E-state index in [1.807, 2.05) is 13.8 Å². The molecule has 0 spiro atoms. The number of ether oxygens (including phenoxy) is 1. The molecule has 0 radical (unpaired) electrons. The molecule has 0 fully saturated rings. The van der Waals surface area contributed by atoms with E-state index in [1.165, 1.54) is 13.4 Å². The first-order valence-electron chi connectivity index (χ1n) is 6.07. The fourth-order valence-corrected chi connectivity index (χ4v) is 3.95. The van der Waals surface area contributed by atoms with Crippen molar-refractivity contribution in [3.05, 3.63) is 16.8 Å². The molecular formula is C12H12N4O3S2. The van der Waals surface area contributed by atoms with Crippen molar-refractivity contribution < 1.29 is 13.7 Å². The summed E-state index contributed by atoms with van der Waals surface area (Å²) in [5.74, 6) is -0.807. The summed E-state index contributed by atoms with van der Waals surface area (Å²) in [6.45, 7) is 4.01. The summed E-state index contributed by atoms with van der Waals surface area (Å²) in [6, 6.07) is 0. The third kappa shape index (κ3) is 2.22. The number of hydrogen-bond donors (Lipinski definition) is 0. The van der Waals surface area contributed by atoms with Crippen LogP contribution < -0.4 is 0 Å². The smallest absolute Gasteiger partial charge is 0.318 e. The Kier molecular flexibility index (Phi) is 3.46. The number of rotatable bonds is 3. The van der Waals surface area contributed by atoms with Crippen LogP contribution in [0.25, 0.3) is 15.9 Å². The van der Waals surface area contributed by atoms with Crippen molar-refractivity contribution in [1.82, 2.24) is 19.6 Å². The number of aromatic nitrogens is 4. The van der Waals surface area contributed by atoms with Gasteiger partial charge >= 0.3 is 5.97 Å². The van der Waals surface area contributed by atoms with Gasteiger partial charge in [-0.05, 0) is 19.4 Å². The van der Waals surface area contributed by atoms with Gasteiger partial charge in [0.05, 0.1) is 12.5 Å². The standard InChI is InChI=1S/C12H12N4O3S2/c1-6-7(2)20-11-9(6)10-14-15-12(16(10)5-13-11)21(18)4-8(17)19-3/h5H,4H2,1-3H3. The van der Waals surface area contributed by atoms with Crippen LogP contribution in [0, 0.1) is 13.8 Å². The maximum absolute atomic E-state index is 12.2. The molecule has 0 aliphatic heterocycles. The highest BCUT2D eigenvalue weighted by Crippen LogP contribution is 2.31. The molecule has 0 aromatic carbocycles. The number of fused-ring (bicyclic) bond motifs is 3. The molecule has 1 unspecified atom stereocenters. The Morgan fingerprint density at radius 2 is 2.19 bits per heavy atom. The zero-order chi connectivity index (χ0) is 15.1. The highest BCUT2D eigenvalue weighted by molar-refractivity contribution is 7.85. The van der Waals surface area contributed by atoms with E-state index in [4.69, 9.17) is 0 Å². The van der Waals surface area contributed by atoms with E-state index >= 15 is 0 Å². The fourth-order valence-electron chi connectivity index (χ4n) is 2.01. The van der Waals surface area contributed by atoms with E-state index in [2.05, 4.69) is 19.9 Å². The SMILES string of the molecule is COC(=O)CS(=O)c1nnc2c3c(C)c(C)sc3ncn12. The van der Waals surface area contributed by atoms with Crippen molar-refractivity contribution in [2.45, 2.75) is 19.0 Å². The summed E-state index contributed by atoms with van der Waals surface area (Å²) in [7, 11) is -0.367. The molecule has 0 aliphatic carbocycles. The predicted molar refractivity (Wildman–Crippen MR) is 78.9 cm³/mol. The van der Waals surface area contributed by atoms with Gasteiger partial charge in [-0.1, -0.05) is 0 Å². The first-order valence-corrected chi connectivity index (χ1v) is 8.21. The first-order chi connectivity index (χ1) is 10.0. The van der Waals surface area contributed by atoms with Crippen LogP contribution in [0.5, 0.6) is 0 Å². The minimum Gasteiger partial charge on any atom is -0.468 e. The number of thiophene rings is 1. The Bertz CT molecular complexity index is 884. The molecule has 0 amide bonds. The Morgan fingerprint density at radius 1 is 1.43 bits per heavy atom. The van der Waals surface area contributed by atoms with Crippen LogP contribution in [0.4, 0.5) is 0 Å². The zero-order valence-electron chi connectivity index (χ0n) is 11.6. The van der Waals surface area contributed by atoms with Gasteiger partial charge in [0.15, 0.2) is 5.65 Å². The molecule has 3 rings (SSSR count). The zero-order valence-corrected chi connectivity index (χ0v) is 13.2.